The number of hydrogen-bond donors (Lipinski definition) is 1. The number of rotatable bonds is 4. The van der Waals surface area contributed by atoms with Gasteiger partial charge in [0.2, 0.25) is 0 Å². The van der Waals surface area contributed by atoms with E-state index in [0.29, 0.717) is 18.7 Å². The maximum Gasteiger partial charge on any atom is 0.152 e. The van der Waals surface area contributed by atoms with Crippen molar-refractivity contribution in [1.82, 2.24) is 9.97 Å². The minimum absolute atomic E-state index is 0.300. The molecule has 3 rings (SSSR count). The standard InChI is InChI=1S/C14H20N4O/c19-12-5-2-6-18(9-12)14-7-13(16-10-17-14)15-8-11-3-1-4-11/h7,10-11H,1-6,8-9H2,(H,15,16,17). The first-order valence-electron chi connectivity index (χ1n) is 7.14. The zero-order valence-electron chi connectivity index (χ0n) is 11.1. The summed E-state index contributed by atoms with van der Waals surface area (Å²) in [5, 5.41) is 3.37. The van der Waals surface area contributed by atoms with Gasteiger partial charge in [0.25, 0.3) is 0 Å². The lowest BCUT2D eigenvalue weighted by atomic mass is 9.85. The number of piperidine rings is 1. The highest BCUT2D eigenvalue weighted by Crippen LogP contribution is 2.26. The highest BCUT2D eigenvalue weighted by Gasteiger charge is 2.19. The quantitative estimate of drug-likeness (QED) is 0.895. The average molecular weight is 260 g/mol. The van der Waals surface area contributed by atoms with E-state index in [1.54, 1.807) is 6.33 Å². The van der Waals surface area contributed by atoms with Crippen LogP contribution in [-0.2, 0) is 4.79 Å². The van der Waals surface area contributed by atoms with Gasteiger partial charge in [-0.1, -0.05) is 6.42 Å². The summed E-state index contributed by atoms with van der Waals surface area (Å²) in [5.74, 6) is 2.83. The number of carbonyl (C=O) groups is 1. The molecular formula is C14H20N4O. The summed E-state index contributed by atoms with van der Waals surface area (Å²) in [5.41, 5.74) is 0. The molecule has 1 aliphatic heterocycles. The van der Waals surface area contributed by atoms with Crippen LogP contribution >= 0.6 is 0 Å². The summed E-state index contributed by atoms with van der Waals surface area (Å²) < 4.78 is 0. The molecule has 0 bridgehead atoms. The number of nitrogens with zero attached hydrogens (tertiary/aromatic N) is 3. The van der Waals surface area contributed by atoms with E-state index in [9.17, 15) is 4.79 Å². The van der Waals surface area contributed by atoms with Gasteiger partial charge in [0.15, 0.2) is 5.78 Å². The summed E-state index contributed by atoms with van der Waals surface area (Å²) in [6, 6.07) is 1.96. The lowest BCUT2D eigenvalue weighted by Crippen LogP contribution is -2.36. The van der Waals surface area contributed by atoms with E-state index < -0.39 is 0 Å². The molecule has 1 aliphatic carbocycles. The third-order valence-electron chi connectivity index (χ3n) is 4.02. The monoisotopic (exact) mass is 260 g/mol. The molecular weight excluding hydrogens is 240 g/mol. The van der Waals surface area contributed by atoms with Crippen molar-refractivity contribution in [3.05, 3.63) is 12.4 Å². The van der Waals surface area contributed by atoms with Crippen LogP contribution in [0, 0.1) is 5.92 Å². The van der Waals surface area contributed by atoms with Crippen LogP contribution in [0.4, 0.5) is 11.6 Å². The van der Waals surface area contributed by atoms with Crippen LogP contribution in [-0.4, -0.2) is 35.4 Å². The highest BCUT2D eigenvalue weighted by molar-refractivity contribution is 5.84. The van der Waals surface area contributed by atoms with E-state index in [1.165, 1.54) is 19.3 Å². The van der Waals surface area contributed by atoms with Crippen molar-refractivity contribution in [3.8, 4) is 0 Å². The maximum atomic E-state index is 11.5. The molecule has 0 spiro atoms. The fourth-order valence-electron chi connectivity index (χ4n) is 2.60. The lowest BCUT2D eigenvalue weighted by molar-refractivity contribution is -0.118. The molecule has 0 amide bonds. The van der Waals surface area contributed by atoms with Gasteiger partial charge in [-0.15, -0.1) is 0 Å². The minimum Gasteiger partial charge on any atom is -0.370 e. The predicted octanol–water partition coefficient (Wildman–Crippen LogP) is 1.86. The number of anilines is 2. The Morgan fingerprint density at radius 2 is 2.21 bits per heavy atom. The summed E-state index contributed by atoms with van der Waals surface area (Å²) in [6.07, 6.45) is 7.22. The fraction of sp³-hybridized carbons (Fsp3) is 0.643. The van der Waals surface area contributed by atoms with Gasteiger partial charge >= 0.3 is 0 Å². The summed E-state index contributed by atoms with van der Waals surface area (Å²) in [4.78, 5) is 22.1. The number of Topliss-reactive ketones (excluding diaryl/α,β-unsaturated/α-hetero) is 1. The Balaban J connectivity index is 1.62. The van der Waals surface area contributed by atoms with Crippen LogP contribution in [0.3, 0.4) is 0 Å². The lowest BCUT2D eigenvalue weighted by Gasteiger charge is -2.27. The Bertz CT molecular complexity index is 459. The summed E-state index contributed by atoms with van der Waals surface area (Å²) >= 11 is 0. The van der Waals surface area contributed by atoms with Crippen molar-refractivity contribution in [2.24, 2.45) is 5.92 Å². The first-order chi connectivity index (χ1) is 9.31. The molecule has 1 saturated carbocycles. The fourth-order valence-corrected chi connectivity index (χ4v) is 2.60. The summed E-state index contributed by atoms with van der Waals surface area (Å²) in [7, 11) is 0. The molecule has 0 aromatic carbocycles. The molecule has 1 aromatic heterocycles. The highest BCUT2D eigenvalue weighted by atomic mass is 16.1. The molecule has 1 saturated heterocycles. The number of aromatic nitrogens is 2. The number of nitrogens with one attached hydrogen (secondary N) is 1. The van der Waals surface area contributed by atoms with Crippen LogP contribution in [0.1, 0.15) is 32.1 Å². The molecule has 102 valence electrons. The van der Waals surface area contributed by atoms with E-state index in [-0.39, 0.29) is 0 Å². The smallest absolute Gasteiger partial charge is 0.152 e. The largest absolute Gasteiger partial charge is 0.370 e. The number of hydrogen-bond acceptors (Lipinski definition) is 5. The van der Waals surface area contributed by atoms with Crippen LogP contribution in [0.2, 0.25) is 0 Å². The van der Waals surface area contributed by atoms with Gasteiger partial charge in [0.1, 0.15) is 18.0 Å². The number of ketones is 1. The van der Waals surface area contributed by atoms with Gasteiger partial charge < -0.3 is 10.2 Å². The van der Waals surface area contributed by atoms with Gasteiger partial charge in [0.05, 0.1) is 6.54 Å². The molecule has 1 N–H and O–H groups in total. The van der Waals surface area contributed by atoms with Crippen LogP contribution in [0.25, 0.3) is 0 Å². The zero-order valence-corrected chi connectivity index (χ0v) is 11.1. The predicted molar refractivity (Wildman–Crippen MR) is 74.3 cm³/mol. The van der Waals surface area contributed by atoms with Gasteiger partial charge in [-0.05, 0) is 25.2 Å². The van der Waals surface area contributed by atoms with E-state index in [0.717, 1.165) is 37.1 Å². The van der Waals surface area contributed by atoms with E-state index in [2.05, 4.69) is 15.3 Å². The van der Waals surface area contributed by atoms with Crippen molar-refractivity contribution in [2.75, 3.05) is 29.9 Å². The second-order valence-corrected chi connectivity index (χ2v) is 5.50. The second-order valence-electron chi connectivity index (χ2n) is 5.50. The third-order valence-corrected chi connectivity index (χ3v) is 4.02. The molecule has 0 unspecified atom stereocenters. The third kappa shape index (κ3) is 3.03. The van der Waals surface area contributed by atoms with Crippen molar-refractivity contribution >= 4 is 17.4 Å². The van der Waals surface area contributed by atoms with E-state index in [1.807, 2.05) is 11.0 Å². The van der Waals surface area contributed by atoms with Crippen LogP contribution < -0.4 is 10.2 Å². The van der Waals surface area contributed by atoms with E-state index >= 15 is 0 Å². The Labute approximate surface area is 113 Å². The van der Waals surface area contributed by atoms with Crippen molar-refractivity contribution < 1.29 is 4.79 Å². The summed E-state index contributed by atoms with van der Waals surface area (Å²) in [6.45, 7) is 2.39. The Hall–Kier alpha value is -1.65. The second kappa shape index (κ2) is 5.55. The molecule has 2 fully saturated rings. The minimum atomic E-state index is 0.300. The Morgan fingerprint density at radius 1 is 1.32 bits per heavy atom. The first kappa shape index (κ1) is 12.4. The molecule has 0 radical (unpaired) electrons. The Kier molecular flexibility index (Phi) is 3.62. The number of carbonyl (C=O) groups excluding carboxylic acids is 1. The first-order valence-corrected chi connectivity index (χ1v) is 7.14. The SMILES string of the molecule is O=C1CCCN(c2cc(NCC3CCC3)ncn2)C1. The average Bonchev–Trinajstić information content (AvgIpc) is 2.37. The molecule has 2 heterocycles. The molecule has 5 heteroatoms. The molecule has 1 aromatic rings. The van der Waals surface area contributed by atoms with Crippen molar-refractivity contribution in [3.63, 3.8) is 0 Å². The van der Waals surface area contributed by atoms with Crippen LogP contribution in [0.5, 0.6) is 0 Å². The van der Waals surface area contributed by atoms with Crippen LogP contribution in [0.15, 0.2) is 12.4 Å². The van der Waals surface area contributed by atoms with Crippen molar-refractivity contribution in [1.29, 1.82) is 0 Å². The zero-order chi connectivity index (χ0) is 13.1. The molecule has 2 aliphatic rings. The van der Waals surface area contributed by atoms with E-state index in [4.69, 9.17) is 0 Å². The topological polar surface area (TPSA) is 58.1 Å². The molecule has 19 heavy (non-hydrogen) atoms. The van der Waals surface area contributed by atoms with Crippen molar-refractivity contribution in [2.45, 2.75) is 32.1 Å². The molecule has 0 atom stereocenters. The van der Waals surface area contributed by atoms with Gasteiger partial charge in [-0.3, -0.25) is 4.79 Å². The maximum absolute atomic E-state index is 11.5. The molecule has 5 nitrogen and oxygen atoms in total. The van der Waals surface area contributed by atoms with Gasteiger partial charge in [-0.2, -0.15) is 0 Å². The van der Waals surface area contributed by atoms with Gasteiger partial charge in [0, 0.05) is 25.6 Å². The van der Waals surface area contributed by atoms with Gasteiger partial charge in [-0.25, -0.2) is 9.97 Å². The normalized spacial score (nSPS) is 20.2. The Morgan fingerprint density at radius 3 is 2.95 bits per heavy atom.